The molecule has 0 bridgehead atoms. The highest BCUT2D eigenvalue weighted by atomic mass is 16.3. The van der Waals surface area contributed by atoms with Gasteiger partial charge in [0.1, 0.15) is 0 Å². The minimum Gasteiger partial charge on any atom is -0.386 e. The van der Waals surface area contributed by atoms with Gasteiger partial charge in [-0.25, -0.2) is 0 Å². The summed E-state index contributed by atoms with van der Waals surface area (Å²) in [5.74, 6) is 0. The van der Waals surface area contributed by atoms with Crippen molar-refractivity contribution >= 4 is 0 Å². The summed E-state index contributed by atoms with van der Waals surface area (Å²) >= 11 is 0. The average molecular weight is 169 g/mol. The summed E-state index contributed by atoms with van der Waals surface area (Å²) in [6.45, 7) is 8.61. The van der Waals surface area contributed by atoms with E-state index in [1.165, 1.54) is 12.8 Å². The molecule has 1 rings (SSSR count). The van der Waals surface area contributed by atoms with Crippen LogP contribution in [0.5, 0.6) is 0 Å². The summed E-state index contributed by atoms with van der Waals surface area (Å²) in [5, 5.41) is 13.3. The number of aliphatic hydroxyl groups is 1. The van der Waals surface area contributed by atoms with Gasteiger partial charge in [0.2, 0.25) is 0 Å². The lowest BCUT2D eigenvalue weighted by atomic mass is 9.90. The normalized spacial score (nSPS) is 28.4. The molecule has 1 saturated heterocycles. The van der Waals surface area contributed by atoms with Crippen LogP contribution in [-0.4, -0.2) is 23.3 Å². The molecule has 1 aliphatic rings. The number of hydrogen-bond donors (Lipinski definition) is 2. The first kappa shape index (κ1) is 9.75. The third-order valence-electron chi connectivity index (χ3n) is 2.73. The number of rotatable bonds is 3. The van der Waals surface area contributed by atoms with Crippen LogP contribution in [0.1, 0.15) is 33.1 Å². The number of nitrogens with one attached hydrogen (secondary N) is 1. The topological polar surface area (TPSA) is 32.3 Å². The minimum atomic E-state index is -0.692. The van der Waals surface area contributed by atoms with E-state index >= 15 is 0 Å². The van der Waals surface area contributed by atoms with E-state index < -0.39 is 5.60 Å². The van der Waals surface area contributed by atoms with Gasteiger partial charge in [0.25, 0.3) is 0 Å². The van der Waals surface area contributed by atoms with E-state index in [-0.39, 0.29) is 0 Å². The van der Waals surface area contributed by atoms with Crippen molar-refractivity contribution in [2.75, 3.05) is 6.54 Å². The molecular weight excluding hydrogens is 150 g/mol. The van der Waals surface area contributed by atoms with Crippen LogP contribution in [0.25, 0.3) is 0 Å². The first-order chi connectivity index (χ1) is 5.52. The zero-order valence-electron chi connectivity index (χ0n) is 8.06. The van der Waals surface area contributed by atoms with Gasteiger partial charge in [-0.05, 0) is 45.2 Å². The largest absolute Gasteiger partial charge is 0.386 e. The molecule has 2 heteroatoms. The summed E-state index contributed by atoms with van der Waals surface area (Å²) in [5.41, 5.74) is 0.165. The van der Waals surface area contributed by atoms with E-state index in [1.54, 1.807) is 0 Å². The molecule has 0 radical (unpaired) electrons. The molecule has 2 unspecified atom stereocenters. The van der Waals surface area contributed by atoms with Gasteiger partial charge in [0, 0.05) is 6.04 Å². The van der Waals surface area contributed by atoms with Crippen molar-refractivity contribution in [3.63, 3.8) is 0 Å². The van der Waals surface area contributed by atoms with Crippen molar-refractivity contribution < 1.29 is 5.11 Å². The van der Waals surface area contributed by atoms with Gasteiger partial charge in [-0.15, -0.1) is 0 Å². The number of hydrogen-bond acceptors (Lipinski definition) is 2. The van der Waals surface area contributed by atoms with Crippen LogP contribution in [0.15, 0.2) is 12.2 Å². The fraction of sp³-hybridized carbons (Fsp3) is 0.800. The van der Waals surface area contributed by atoms with Crippen LogP contribution < -0.4 is 5.32 Å². The summed E-state index contributed by atoms with van der Waals surface area (Å²) in [4.78, 5) is 0. The maximum atomic E-state index is 9.91. The van der Waals surface area contributed by atoms with Gasteiger partial charge in [0.05, 0.1) is 5.60 Å². The minimum absolute atomic E-state index is 0.483. The van der Waals surface area contributed by atoms with Crippen LogP contribution in [0.3, 0.4) is 0 Å². The quantitative estimate of drug-likeness (QED) is 0.627. The summed E-state index contributed by atoms with van der Waals surface area (Å²) in [7, 11) is 0. The molecule has 0 aromatic heterocycles. The molecule has 0 saturated carbocycles. The molecule has 12 heavy (non-hydrogen) atoms. The van der Waals surface area contributed by atoms with Gasteiger partial charge in [-0.1, -0.05) is 6.58 Å². The van der Waals surface area contributed by atoms with Gasteiger partial charge < -0.3 is 10.4 Å². The van der Waals surface area contributed by atoms with Crippen molar-refractivity contribution in [3.05, 3.63) is 12.2 Å². The molecule has 1 aliphatic heterocycles. The van der Waals surface area contributed by atoms with Crippen molar-refractivity contribution in [3.8, 4) is 0 Å². The first-order valence-electron chi connectivity index (χ1n) is 4.64. The monoisotopic (exact) mass is 169 g/mol. The Morgan fingerprint density at radius 1 is 1.75 bits per heavy atom. The van der Waals surface area contributed by atoms with Crippen molar-refractivity contribution in [2.24, 2.45) is 0 Å². The van der Waals surface area contributed by atoms with Crippen molar-refractivity contribution in [1.82, 2.24) is 5.32 Å². The third-order valence-corrected chi connectivity index (χ3v) is 2.73. The van der Waals surface area contributed by atoms with E-state index in [0.29, 0.717) is 6.04 Å². The lowest BCUT2D eigenvalue weighted by Gasteiger charge is -2.26. The van der Waals surface area contributed by atoms with Crippen molar-refractivity contribution in [1.29, 1.82) is 0 Å². The fourth-order valence-electron chi connectivity index (χ4n) is 1.58. The molecule has 0 spiro atoms. The smallest absolute Gasteiger partial charge is 0.0838 e. The SMILES string of the molecule is C=C(C)C(C)(O)CC1CCCN1. The lowest BCUT2D eigenvalue weighted by molar-refractivity contribution is 0.0794. The molecule has 1 fully saturated rings. The maximum Gasteiger partial charge on any atom is 0.0838 e. The second-order valence-electron chi connectivity index (χ2n) is 4.05. The zero-order chi connectivity index (χ0) is 9.19. The van der Waals surface area contributed by atoms with E-state index in [0.717, 1.165) is 18.5 Å². The second kappa shape index (κ2) is 3.58. The van der Waals surface area contributed by atoms with Crippen molar-refractivity contribution in [2.45, 2.75) is 44.8 Å². The van der Waals surface area contributed by atoms with E-state index in [9.17, 15) is 5.11 Å². The molecule has 0 aromatic rings. The van der Waals surface area contributed by atoms with E-state index in [4.69, 9.17) is 0 Å². The van der Waals surface area contributed by atoms with Crippen LogP contribution in [-0.2, 0) is 0 Å². The fourth-order valence-corrected chi connectivity index (χ4v) is 1.58. The molecule has 2 atom stereocenters. The van der Waals surface area contributed by atoms with Gasteiger partial charge in [0.15, 0.2) is 0 Å². The van der Waals surface area contributed by atoms with Crippen LogP contribution in [0, 0.1) is 0 Å². The van der Waals surface area contributed by atoms with Crippen LogP contribution in [0.4, 0.5) is 0 Å². The highest BCUT2D eigenvalue weighted by Crippen LogP contribution is 2.23. The molecule has 2 N–H and O–H groups in total. The van der Waals surface area contributed by atoms with Gasteiger partial charge >= 0.3 is 0 Å². The highest BCUT2D eigenvalue weighted by Gasteiger charge is 2.27. The summed E-state index contributed by atoms with van der Waals surface area (Å²) < 4.78 is 0. The Labute approximate surface area is 74.7 Å². The Balaban J connectivity index is 2.42. The molecular formula is C10H19NO. The van der Waals surface area contributed by atoms with Crippen LogP contribution in [0.2, 0.25) is 0 Å². The molecule has 0 aromatic carbocycles. The van der Waals surface area contributed by atoms with Crippen LogP contribution >= 0.6 is 0 Å². The predicted octanol–water partition coefficient (Wildman–Crippen LogP) is 1.46. The standard InChI is InChI=1S/C10H19NO/c1-8(2)10(3,12)7-9-5-4-6-11-9/h9,11-12H,1,4-7H2,2-3H3. The molecule has 0 aliphatic carbocycles. The molecule has 2 nitrogen and oxygen atoms in total. The molecule has 1 heterocycles. The zero-order valence-corrected chi connectivity index (χ0v) is 8.06. The highest BCUT2D eigenvalue weighted by molar-refractivity contribution is 5.08. The first-order valence-corrected chi connectivity index (χ1v) is 4.64. The van der Waals surface area contributed by atoms with E-state index in [2.05, 4.69) is 11.9 Å². The van der Waals surface area contributed by atoms with E-state index in [1.807, 2.05) is 13.8 Å². The molecule has 70 valence electrons. The predicted molar refractivity (Wildman–Crippen MR) is 51.1 cm³/mol. The Morgan fingerprint density at radius 2 is 2.42 bits per heavy atom. The Bertz CT molecular complexity index is 169. The second-order valence-corrected chi connectivity index (χ2v) is 4.05. The third kappa shape index (κ3) is 2.32. The van der Waals surface area contributed by atoms with Gasteiger partial charge in [-0.2, -0.15) is 0 Å². The summed E-state index contributed by atoms with van der Waals surface area (Å²) in [6, 6.07) is 0.483. The Hall–Kier alpha value is -0.340. The van der Waals surface area contributed by atoms with Gasteiger partial charge in [-0.3, -0.25) is 0 Å². The summed E-state index contributed by atoms with van der Waals surface area (Å²) in [6.07, 6.45) is 3.21. The lowest BCUT2D eigenvalue weighted by Crippen LogP contribution is -2.35. The Kier molecular flexibility index (Phi) is 2.91. The average Bonchev–Trinajstić information content (AvgIpc) is 2.38. The molecule has 0 amide bonds. The maximum absolute atomic E-state index is 9.91. The Morgan fingerprint density at radius 3 is 2.83 bits per heavy atom.